The Morgan fingerprint density at radius 3 is 1.92 bits per heavy atom. The van der Waals surface area contributed by atoms with Crippen LogP contribution in [0.4, 0.5) is 0 Å². The third-order valence-corrected chi connectivity index (χ3v) is 9.26. The summed E-state index contributed by atoms with van der Waals surface area (Å²) in [6.07, 6.45) is 4.00. The molecule has 0 unspecified atom stereocenters. The summed E-state index contributed by atoms with van der Waals surface area (Å²) < 4.78 is 2.61. The number of hydrogen-bond acceptors (Lipinski definition) is 3. The van der Waals surface area contributed by atoms with Crippen molar-refractivity contribution in [3.63, 3.8) is 0 Å². The average Bonchev–Trinajstić information content (AvgIpc) is 3.26. The van der Waals surface area contributed by atoms with Gasteiger partial charge in [-0.3, -0.25) is 0 Å². The molecule has 0 N–H and O–H groups in total. The maximum Gasteiger partial charge on any atom is 0.0795 e. The van der Waals surface area contributed by atoms with Crippen molar-refractivity contribution < 1.29 is 20.1 Å². The maximum absolute atomic E-state index is 4.60. The first-order chi connectivity index (χ1) is 17.4. The number of fused-ring (bicyclic) bond motifs is 3. The molecule has 0 aliphatic heterocycles. The smallest absolute Gasteiger partial charge is 0.0795 e. The molecular formula is C32H28IrN2SSi-2. The second kappa shape index (κ2) is 11.6. The molecule has 3 aromatic carbocycles. The number of aromatic nitrogens is 2. The van der Waals surface area contributed by atoms with Gasteiger partial charge >= 0.3 is 0 Å². The van der Waals surface area contributed by atoms with Gasteiger partial charge in [-0.05, 0) is 35.1 Å². The number of thiophene rings is 1. The first-order valence-electron chi connectivity index (χ1n) is 12.1. The molecule has 0 fully saturated rings. The van der Waals surface area contributed by atoms with Crippen LogP contribution in [0.25, 0.3) is 42.7 Å². The van der Waals surface area contributed by atoms with Crippen molar-refractivity contribution in [3.8, 4) is 22.5 Å². The van der Waals surface area contributed by atoms with Gasteiger partial charge in [-0.2, -0.15) is 0 Å². The molecule has 1 radical (unpaired) electrons. The van der Waals surface area contributed by atoms with E-state index in [0.717, 1.165) is 22.5 Å². The van der Waals surface area contributed by atoms with E-state index in [-0.39, 0.29) is 20.1 Å². The minimum Gasteiger partial charge on any atom is -0.305 e. The Bertz CT molecular complexity index is 1610. The van der Waals surface area contributed by atoms with E-state index in [0.29, 0.717) is 0 Å². The van der Waals surface area contributed by atoms with Crippen LogP contribution in [0.15, 0.2) is 97.3 Å². The third-order valence-electron chi connectivity index (χ3n) is 6.11. The van der Waals surface area contributed by atoms with E-state index in [1.807, 2.05) is 72.3 Å². The average molecular weight is 693 g/mol. The van der Waals surface area contributed by atoms with Gasteiger partial charge in [0.15, 0.2) is 0 Å². The molecule has 0 bridgehead atoms. The van der Waals surface area contributed by atoms with Crippen LogP contribution < -0.4 is 5.19 Å². The summed E-state index contributed by atoms with van der Waals surface area (Å²) in [7, 11) is -1.23. The van der Waals surface area contributed by atoms with Crippen molar-refractivity contribution in [1.29, 1.82) is 0 Å². The van der Waals surface area contributed by atoms with Gasteiger partial charge in [-0.15, -0.1) is 83.1 Å². The first-order valence-corrected chi connectivity index (χ1v) is 16.4. The van der Waals surface area contributed by atoms with Crippen LogP contribution in [0.3, 0.4) is 0 Å². The molecule has 0 aliphatic rings. The molecule has 6 rings (SSSR count). The van der Waals surface area contributed by atoms with Crippen LogP contribution in [-0.2, 0) is 20.1 Å². The van der Waals surface area contributed by atoms with Crippen molar-refractivity contribution in [3.05, 3.63) is 115 Å². The second-order valence-corrected chi connectivity index (χ2v) is 16.1. The molecule has 0 aliphatic carbocycles. The minimum atomic E-state index is -1.23. The molecule has 0 amide bonds. The summed E-state index contributed by atoms with van der Waals surface area (Å²) in [5.74, 6) is 0. The number of hydrogen-bond donors (Lipinski definition) is 0. The molecule has 0 saturated carbocycles. The monoisotopic (exact) mass is 693 g/mol. The topological polar surface area (TPSA) is 25.8 Å². The van der Waals surface area contributed by atoms with Crippen LogP contribution >= 0.6 is 11.3 Å². The third kappa shape index (κ3) is 6.31. The van der Waals surface area contributed by atoms with E-state index in [4.69, 9.17) is 0 Å². The zero-order valence-corrected chi connectivity index (χ0v) is 25.6. The number of rotatable bonds is 3. The van der Waals surface area contributed by atoms with Crippen molar-refractivity contribution >= 4 is 44.8 Å². The fourth-order valence-corrected chi connectivity index (χ4v) is 6.28. The van der Waals surface area contributed by atoms with Crippen molar-refractivity contribution in [2.45, 2.75) is 26.6 Å². The zero-order valence-electron chi connectivity index (χ0n) is 21.4. The second-order valence-electron chi connectivity index (χ2n) is 9.90. The van der Waals surface area contributed by atoms with Crippen LogP contribution in [0.1, 0.15) is 5.56 Å². The quantitative estimate of drug-likeness (QED) is 0.138. The Hall–Kier alpha value is -2.95. The fourth-order valence-electron chi connectivity index (χ4n) is 4.03. The molecular weight excluding hydrogens is 665 g/mol. The SMILES string of the molecule is C[Si](C)(C)c1ccc(-c2[c-]cccc2)nc1.Cc1ccc2c(c1)sc1cc(-c3[c-]cccc3)ncc12.[Ir]. The van der Waals surface area contributed by atoms with E-state index in [1.165, 1.54) is 30.9 Å². The van der Waals surface area contributed by atoms with Gasteiger partial charge in [0.1, 0.15) is 0 Å². The van der Waals surface area contributed by atoms with Crippen LogP contribution in [-0.4, -0.2) is 18.0 Å². The molecule has 6 aromatic rings. The standard InChI is InChI=1S/C18H12NS.C14H16NSi.Ir/c1-12-7-8-14-15-11-19-16(13-5-3-2-4-6-13)10-18(15)20-17(14)9-12;1-16(2,3)13-9-10-14(15-11-13)12-7-5-4-6-8-12;/h2-5,7-11H,1H3;4-7,9-11H,1-3H3;/q2*-1;. The van der Waals surface area contributed by atoms with E-state index in [1.54, 1.807) is 0 Å². The van der Waals surface area contributed by atoms with Crippen LogP contribution in [0, 0.1) is 19.1 Å². The Morgan fingerprint density at radius 2 is 1.32 bits per heavy atom. The summed E-state index contributed by atoms with van der Waals surface area (Å²) in [6, 6.07) is 35.4. The Kier molecular flexibility index (Phi) is 8.51. The molecule has 3 heterocycles. The molecule has 0 spiro atoms. The Balaban J connectivity index is 0.000000173. The molecule has 3 aromatic heterocycles. The van der Waals surface area contributed by atoms with E-state index < -0.39 is 8.07 Å². The van der Waals surface area contributed by atoms with Gasteiger partial charge in [0.05, 0.1) is 8.07 Å². The summed E-state index contributed by atoms with van der Waals surface area (Å²) in [5.41, 5.74) is 5.39. The molecule has 0 saturated heterocycles. The summed E-state index contributed by atoms with van der Waals surface area (Å²) >= 11 is 1.83. The van der Waals surface area contributed by atoms with Crippen molar-refractivity contribution in [2.24, 2.45) is 0 Å². The van der Waals surface area contributed by atoms with E-state index >= 15 is 0 Å². The van der Waals surface area contributed by atoms with Gasteiger partial charge in [-0.1, -0.05) is 50.0 Å². The summed E-state index contributed by atoms with van der Waals surface area (Å²) in [6.45, 7) is 9.13. The van der Waals surface area contributed by atoms with Crippen molar-refractivity contribution in [2.75, 3.05) is 0 Å². The van der Waals surface area contributed by atoms with Gasteiger partial charge in [-0.25, -0.2) is 0 Å². The summed E-state index contributed by atoms with van der Waals surface area (Å²) in [5, 5.41) is 3.93. The molecule has 187 valence electrons. The van der Waals surface area contributed by atoms with Gasteiger partial charge in [0.2, 0.25) is 0 Å². The number of pyridine rings is 2. The molecule has 37 heavy (non-hydrogen) atoms. The maximum atomic E-state index is 4.60. The van der Waals surface area contributed by atoms with E-state index in [9.17, 15) is 0 Å². The van der Waals surface area contributed by atoms with Gasteiger partial charge in [0.25, 0.3) is 0 Å². The number of nitrogens with zero attached hydrogens (tertiary/aromatic N) is 2. The van der Waals surface area contributed by atoms with Crippen molar-refractivity contribution in [1.82, 2.24) is 9.97 Å². The molecule has 5 heteroatoms. The van der Waals surface area contributed by atoms with Gasteiger partial charge in [0, 0.05) is 52.7 Å². The minimum absolute atomic E-state index is 0. The summed E-state index contributed by atoms with van der Waals surface area (Å²) in [4.78, 5) is 9.12. The van der Waals surface area contributed by atoms with Gasteiger partial charge < -0.3 is 9.97 Å². The fraction of sp³-hybridized carbons (Fsp3) is 0.125. The number of aryl methyl sites for hydroxylation is 1. The normalized spacial score (nSPS) is 11.0. The predicted octanol–water partition coefficient (Wildman–Crippen LogP) is 8.32. The first kappa shape index (κ1) is 27.1. The predicted molar refractivity (Wildman–Crippen MR) is 158 cm³/mol. The molecule has 2 nitrogen and oxygen atoms in total. The zero-order chi connectivity index (χ0) is 25.1. The van der Waals surface area contributed by atoms with Crippen LogP contribution in [0.5, 0.6) is 0 Å². The number of benzene rings is 3. The Labute approximate surface area is 237 Å². The van der Waals surface area contributed by atoms with Crippen LogP contribution in [0.2, 0.25) is 19.6 Å². The largest absolute Gasteiger partial charge is 0.305 e. The van der Waals surface area contributed by atoms with E-state index in [2.05, 4.69) is 85.1 Å². The molecule has 0 atom stereocenters. The Morgan fingerprint density at radius 1 is 0.676 bits per heavy atom.